The van der Waals surface area contributed by atoms with E-state index in [0.717, 1.165) is 0 Å². The third-order valence-corrected chi connectivity index (χ3v) is 3.20. The van der Waals surface area contributed by atoms with E-state index in [9.17, 15) is 9.59 Å². The summed E-state index contributed by atoms with van der Waals surface area (Å²) in [5.41, 5.74) is 0.519. The Labute approximate surface area is 121 Å². The number of nitrogens with zero attached hydrogens (tertiary/aromatic N) is 1. The van der Waals surface area contributed by atoms with Crippen molar-refractivity contribution in [1.82, 2.24) is 0 Å². The van der Waals surface area contributed by atoms with E-state index in [2.05, 4.69) is 5.32 Å². The first-order chi connectivity index (χ1) is 10.1. The van der Waals surface area contributed by atoms with Gasteiger partial charge >= 0.3 is 5.97 Å². The molecule has 1 saturated heterocycles. The molecule has 1 fully saturated rings. The number of anilines is 1. The zero-order chi connectivity index (χ0) is 15.4. The van der Waals surface area contributed by atoms with E-state index < -0.39 is 24.1 Å². The van der Waals surface area contributed by atoms with Crippen LogP contribution < -0.4 is 10.1 Å². The zero-order valence-corrected chi connectivity index (χ0v) is 11.3. The molecular weight excluding hydrogens is 276 g/mol. The Morgan fingerprint density at radius 2 is 2.14 bits per heavy atom. The molecule has 2 N–H and O–H groups in total. The van der Waals surface area contributed by atoms with Gasteiger partial charge in [-0.15, -0.1) is 0 Å². The molecule has 1 aromatic carbocycles. The summed E-state index contributed by atoms with van der Waals surface area (Å²) < 4.78 is 10.3. The van der Waals surface area contributed by atoms with Crippen molar-refractivity contribution < 1.29 is 24.2 Å². The van der Waals surface area contributed by atoms with Gasteiger partial charge in [0.25, 0.3) is 5.91 Å². The number of benzene rings is 1. The summed E-state index contributed by atoms with van der Waals surface area (Å²) in [7, 11) is 1.43. The molecule has 1 aromatic rings. The van der Waals surface area contributed by atoms with Crippen molar-refractivity contribution >= 4 is 17.6 Å². The Morgan fingerprint density at radius 1 is 1.43 bits per heavy atom. The number of carboxylic acids is 1. The molecule has 0 saturated carbocycles. The fourth-order valence-electron chi connectivity index (χ4n) is 2.14. The van der Waals surface area contributed by atoms with Crippen LogP contribution in [0.25, 0.3) is 0 Å². The minimum Gasteiger partial charge on any atom is -0.495 e. The minimum atomic E-state index is -1.08. The van der Waals surface area contributed by atoms with E-state index in [4.69, 9.17) is 19.8 Å². The molecule has 1 heterocycles. The summed E-state index contributed by atoms with van der Waals surface area (Å²) in [6.45, 7) is 0. The van der Waals surface area contributed by atoms with Crippen LogP contribution in [0.2, 0.25) is 0 Å². The molecule has 0 spiro atoms. The average Bonchev–Trinajstić information content (AvgIpc) is 2.97. The summed E-state index contributed by atoms with van der Waals surface area (Å²) in [4.78, 5) is 22.9. The van der Waals surface area contributed by atoms with Crippen LogP contribution in [0.15, 0.2) is 18.2 Å². The molecule has 21 heavy (non-hydrogen) atoms. The highest BCUT2D eigenvalue weighted by molar-refractivity contribution is 5.97. The number of carbonyl (C=O) groups excluding carboxylic acids is 1. The Kier molecular flexibility index (Phi) is 4.40. The van der Waals surface area contributed by atoms with Crippen molar-refractivity contribution in [3.05, 3.63) is 23.8 Å². The van der Waals surface area contributed by atoms with Gasteiger partial charge in [0.05, 0.1) is 12.7 Å². The minimum absolute atomic E-state index is 0.259. The number of hydrogen-bond donors (Lipinski definition) is 2. The molecule has 1 amide bonds. The number of amides is 1. The van der Waals surface area contributed by atoms with Gasteiger partial charge in [-0.2, -0.15) is 5.26 Å². The average molecular weight is 290 g/mol. The van der Waals surface area contributed by atoms with Crippen LogP contribution >= 0.6 is 0 Å². The lowest BCUT2D eigenvalue weighted by atomic mass is 10.1. The number of aliphatic carboxylic acids is 1. The molecule has 1 aliphatic rings. The quantitative estimate of drug-likeness (QED) is 0.860. The monoisotopic (exact) mass is 290 g/mol. The zero-order valence-electron chi connectivity index (χ0n) is 11.3. The highest BCUT2D eigenvalue weighted by Crippen LogP contribution is 2.29. The first kappa shape index (κ1) is 14.8. The smallest absolute Gasteiger partial charge is 0.332 e. The van der Waals surface area contributed by atoms with E-state index in [-0.39, 0.29) is 17.7 Å². The van der Waals surface area contributed by atoms with Crippen LogP contribution in [0.5, 0.6) is 5.75 Å². The summed E-state index contributed by atoms with van der Waals surface area (Å²) in [6.07, 6.45) is -1.21. The topological polar surface area (TPSA) is 109 Å². The number of carboxylic acid groups (broad SMARTS) is 1. The van der Waals surface area contributed by atoms with E-state index in [1.807, 2.05) is 6.07 Å². The number of nitrogens with one attached hydrogen (secondary N) is 1. The standard InChI is InChI=1S/C14H14N2O5/c1-20-9-4-2-3-8(7-15)12(9)16-13(17)10-5-6-11(21-10)14(18)19/h2-4,10-11H,5-6H2,1H3,(H,16,17)(H,18,19)/t10-,11+/m0/s1. The van der Waals surface area contributed by atoms with Crippen LogP contribution in [0.3, 0.4) is 0 Å². The summed E-state index contributed by atoms with van der Waals surface area (Å²) in [5, 5.41) is 20.5. The Morgan fingerprint density at radius 3 is 2.71 bits per heavy atom. The number of ether oxygens (including phenoxy) is 2. The molecule has 7 nitrogen and oxygen atoms in total. The summed E-state index contributed by atoms with van der Waals surface area (Å²) in [6, 6.07) is 6.77. The lowest BCUT2D eigenvalue weighted by Crippen LogP contribution is -2.30. The molecule has 2 rings (SSSR count). The van der Waals surface area contributed by atoms with Crippen LogP contribution in [-0.4, -0.2) is 36.3 Å². The lowest BCUT2D eigenvalue weighted by molar-refractivity contribution is -0.150. The van der Waals surface area contributed by atoms with Gasteiger partial charge in [0.1, 0.15) is 23.6 Å². The fraction of sp³-hybridized carbons (Fsp3) is 0.357. The molecule has 0 bridgehead atoms. The molecular formula is C14H14N2O5. The predicted molar refractivity (Wildman–Crippen MR) is 71.9 cm³/mol. The van der Waals surface area contributed by atoms with Crippen LogP contribution in [0.4, 0.5) is 5.69 Å². The van der Waals surface area contributed by atoms with E-state index in [0.29, 0.717) is 12.2 Å². The second-order valence-electron chi connectivity index (χ2n) is 4.51. The van der Waals surface area contributed by atoms with E-state index in [1.165, 1.54) is 7.11 Å². The number of nitriles is 1. The normalized spacial score (nSPS) is 20.6. The molecule has 1 aliphatic heterocycles. The fourth-order valence-corrected chi connectivity index (χ4v) is 2.14. The van der Waals surface area contributed by atoms with Crippen molar-refractivity contribution in [2.75, 3.05) is 12.4 Å². The summed E-state index contributed by atoms with van der Waals surface area (Å²) >= 11 is 0. The number of rotatable bonds is 4. The number of carbonyl (C=O) groups is 2. The number of para-hydroxylation sites is 1. The molecule has 0 aliphatic carbocycles. The number of hydrogen-bond acceptors (Lipinski definition) is 5. The highest BCUT2D eigenvalue weighted by Gasteiger charge is 2.35. The maximum Gasteiger partial charge on any atom is 0.332 e. The molecule has 0 aromatic heterocycles. The van der Waals surface area contributed by atoms with Gasteiger partial charge in [-0.1, -0.05) is 6.07 Å². The van der Waals surface area contributed by atoms with Gasteiger partial charge in [0.2, 0.25) is 0 Å². The van der Waals surface area contributed by atoms with Crippen molar-refractivity contribution in [3.63, 3.8) is 0 Å². The SMILES string of the molecule is COc1cccc(C#N)c1NC(=O)[C@@H]1CC[C@H](C(=O)O)O1. The summed E-state index contributed by atoms with van der Waals surface area (Å²) in [5.74, 6) is -1.21. The third-order valence-electron chi connectivity index (χ3n) is 3.20. The second kappa shape index (κ2) is 6.24. The number of methoxy groups -OCH3 is 1. The van der Waals surface area contributed by atoms with Gasteiger partial charge in [-0.05, 0) is 25.0 Å². The largest absolute Gasteiger partial charge is 0.495 e. The van der Waals surface area contributed by atoms with Crippen molar-refractivity contribution in [1.29, 1.82) is 5.26 Å². The molecule has 2 atom stereocenters. The van der Waals surface area contributed by atoms with Gasteiger partial charge in [0, 0.05) is 0 Å². The Bertz CT molecular complexity index is 608. The molecule has 7 heteroatoms. The van der Waals surface area contributed by atoms with Gasteiger partial charge in [0.15, 0.2) is 6.10 Å². The predicted octanol–water partition coefficient (Wildman–Crippen LogP) is 1.14. The van der Waals surface area contributed by atoms with E-state index >= 15 is 0 Å². The Hall–Kier alpha value is -2.59. The van der Waals surface area contributed by atoms with Gasteiger partial charge in [-0.3, -0.25) is 4.79 Å². The first-order valence-corrected chi connectivity index (χ1v) is 6.33. The highest BCUT2D eigenvalue weighted by atomic mass is 16.5. The maximum atomic E-state index is 12.1. The molecule has 0 radical (unpaired) electrons. The van der Waals surface area contributed by atoms with E-state index in [1.54, 1.807) is 18.2 Å². The van der Waals surface area contributed by atoms with Crippen molar-refractivity contribution in [2.45, 2.75) is 25.0 Å². The van der Waals surface area contributed by atoms with Crippen molar-refractivity contribution in [2.24, 2.45) is 0 Å². The van der Waals surface area contributed by atoms with Crippen LogP contribution in [0, 0.1) is 11.3 Å². The molecule has 0 unspecified atom stereocenters. The first-order valence-electron chi connectivity index (χ1n) is 6.33. The Balaban J connectivity index is 2.14. The van der Waals surface area contributed by atoms with Crippen LogP contribution in [-0.2, 0) is 14.3 Å². The third kappa shape index (κ3) is 3.12. The van der Waals surface area contributed by atoms with Crippen LogP contribution in [0.1, 0.15) is 18.4 Å². The maximum absolute atomic E-state index is 12.1. The lowest BCUT2D eigenvalue weighted by Gasteiger charge is -2.15. The van der Waals surface area contributed by atoms with Crippen molar-refractivity contribution in [3.8, 4) is 11.8 Å². The van der Waals surface area contributed by atoms with Gasteiger partial charge in [-0.25, -0.2) is 4.79 Å². The van der Waals surface area contributed by atoms with Gasteiger partial charge < -0.3 is 19.9 Å². The second-order valence-corrected chi connectivity index (χ2v) is 4.51. The molecule has 110 valence electrons.